The maximum Gasteiger partial charge on any atom is 0.291 e. The van der Waals surface area contributed by atoms with E-state index < -0.39 is 6.10 Å². The van der Waals surface area contributed by atoms with Gasteiger partial charge in [-0.05, 0) is 44.2 Å². The van der Waals surface area contributed by atoms with Crippen LogP contribution in [0.3, 0.4) is 0 Å². The van der Waals surface area contributed by atoms with Crippen LogP contribution in [-0.4, -0.2) is 24.5 Å². The summed E-state index contributed by atoms with van der Waals surface area (Å²) in [4.78, 5) is 26.1. The number of ether oxygens (including phenoxy) is 1. The molecule has 1 aromatic heterocycles. The van der Waals surface area contributed by atoms with E-state index in [-0.39, 0.29) is 17.6 Å². The van der Waals surface area contributed by atoms with E-state index in [1.807, 2.05) is 6.92 Å². The number of nitrogens with zero attached hydrogens (tertiary/aromatic N) is 1. The van der Waals surface area contributed by atoms with Crippen molar-refractivity contribution in [2.75, 3.05) is 16.8 Å². The minimum Gasteiger partial charge on any atom is -0.479 e. The lowest BCUT2D eigenvalue weighted by molar-refractivity contribution is -0.125. The first-order valence-electron chi connectivity index (χ1n) is 7.57. The van der Waals surface area contributed by atoms with Crippen LogP contribution in [0.15, 0.2) is 53.2 Å². The van der Waals surface area contributed by atoms with E-state index in [9.17, 15) is 9.59 Å². The van der Waals surface area contributed by atoms with E-state index in [0.29, 0.717) is 23.7 Å². The van der Waals surface area contributed by atoms with Crippen LogP contribution in [0.5, 0.6) is 5.75 Å². The first-order chi connectivity index (χ1) is 11.5. The minimum absolute atomic E-state index is 0.139. The molecule has 1 aliphatic rings. The van der Waals surface area contributed by atoms with Gasteiger partial charge >= 0.3 is 0 Å². The van der Waals surface area contributed by atoms with Crippen LogP contribution in [0.4, 0.5) is 11.4 Å². The van der Waals surface area contributed by atoms with Gasteiger partial charge in [0.1, 0.15) is 5.75 Å². The fourth-order valence-electron chi connectivity index (χ4n) is 2.52. The van der Waals surface area contributed by atoms with Crippen LogP contribution >= 0.6 is 0 Å². The Morgan fingerprint density at radius 3 is 2.83 bits per heavy atom. The molecule has 1 aliphatic heterocycles. The quantitative estimate of drug-likeness (QED) is 0.876. The van der Waals surface area contributed by atoms with Crippen LogP contribution in [0.25, 0.3) is 0 Å². The average Bonchev–Trinajstić information content (AvgIpc) is 3.06. The molecule has 1 unspecified atom stereocenters. The molecular weight excluding hydrogens is 308 g/mol. The van der Waals surface area contributed by atoms with Gasteiger partial charge < -0.3 is 19.4 Å². The van der Waals surface area contributed by atoms with E-state index in [2.05, 4.69) is 11.9 Å². The summed E-state index contributed by atoms with van der Waals surface area (Å²) in [6, 6.07) is 8.39. The molecule has 6 nitrogen and oxygen atoms in total. The van der Waals surface area contributed by atoms with Crippen LogP contribution < -0.4 is 15.0 Å². The first kappa shape index (κ1) is 15.9. The third-order valence-electron chi connectivity index (χ3n) is 3.60. The van der Waals surface area contributed by atoms with Crippen LogP contribution in [0, 0.1) is 0 Å². The summed E-state index contributed by atoms with van der Waals surface area (Å²) in [5.74, 6) is 0.314. The van der Waals surface area contributed by atoms with Crippen molar-refractivity contribution in [1.82, 2.24) is 0 Å². The molecule has 2 amide bonds. The third kappa shape index (κ3) is 3.03. The Labute approximate surface area is 139 Å². The van der Waals surface area contributed by atoms with Crippen LogP contribution in [0.1, 0.15) is 24.4 Å². The van der Waals surface area contributed by atoms with Gasteiger partial charge in [-0.1, -0.05) is 12.2 Å². The lowest BCUT2D eigenvalue weighted by Crippen LogP contribution is -2.45. The molecular formula is C18H18N2O4. The molecule has 1 atom stereocenters. The lowest BCUT2D eigenvalue weighted by atomic mass is 10.1. The Morgan fingerprint density at radius 2 is 2.17 bits per heavy atom. The van der Waals surface area contributed by atoms with Crippen molar-refractivity contribution in [3.63, 3.8) is 0 Å². The number of nitrogens with one attached hydrogen (secondary N) is 1. The monoisotopic (exact) mass is 326 g/mol. The Bertz CT molecular complexity index is 795. The summed E-state index contributed by atoms with van der Waals surface area (Å²) < 4.78 is 10.7. The standard InChI is InChI=1S/C18H18N2O4/c1-11(2)10-20-14-9-13(19-17(21)16-5-4-8-23-16)6-7-15(14)24-12(3)18(20)22/h4-9,12H,1,10H2,2-3H3,(H,19,21). The summed E-state index contributed by atoms with van der Waals surface area (Å²) in [6.45, 7) is 7.84. The van der Waals surface area contributed by atoms with Gasteiger partial charge in [-0.3, -0.25) is 9.59 Å². The zero-order chi connectivity index (χ0) is 17.3. The van der Waals surface area contributed by atoms with Gasteiger partial charge in [0.25, 0.3) is 11.8 Å². The molecule has 24 heavy (non-hydrogen) atoms. The van der Waals surface area contributed by atoms with Crippen molar-refractivity contribution in [3.8, 4) is 5.75 Å². The second-order valence-electron chi connectivity index (χ2n) is 5.76. The zero-order valence-electron chi connectivity index (χ0n) is 13.5. The molecule has 0 fully saturated rings. The summed E-state index contributed by atoms with van der Waals surface area (Å²) in [5, 5.41) is 2.75. The Hall–Kier alpha value is -3.02. The zero-order valence-corrected chi connectivity index (χ0v) is 13.5. The molecule has 6 heteroatoms. The Morgan fingerprint density at radius 1 is 1.38 bits per heavy atom. The third-order valence-corrected chi connectivity index (χ3v) is 3.60. The van der Waals surface area contributed by atoms with Gasteiger partial charge in [-0.25, -0.2) is 0 Å². The fourth-order valence-corrected chi connectivity index (χ4v) is 2.52. The van der Waals surface area contributed by atoms with E-state index in [1.165, 1.54) is 6.26 Å². The molecule has 0 spiro atoms. The predicted molar refractivity (Wildman–Crippen MR) is 90.4 cm³/mol. The number of carbonyl (C=O) groups is 2. The predicted octanol–water partition coefficient (Wildman–Crippen LogP) is 3.22. The number of carbonyl (C=O) groups excluding carboxylic acids is 2. The number of anilines is 2. The van der Waals surface area contributed by atoms with E-state index in [0.717, 1.165) is 5.57 Å². The smallest absolute Gasteiger partial charge is 0.291 e. The minimum atomic E-state index is -0.555. The van der Waals surface area contributed by atoms with Gasteiger partial charge in [0, 0.05) is 12.2 Å². The highest BCUT2D eigenvalue weighted by molar-refractivity contribution is 6.04. The van der Waals surface area contributed by atoms with Gasteiger partial charge in [-0.15, -0.1) is 0 Å². The first-order valence-corrected chi connectivity index (χ1v) is 7.57. The molecule has 0 radical (unpaired) electrons. The highest BCUT2D eigenvalue weighted by atomic mass is 16.5. The van der Waals surface area contributed by atoms with Crippen molar-refractivity contribution in [3.05, 3.63) is 54.5 Å². The summed E-state index contributed by atoms with van der Waals surface area (Å²) in [5.41, 5.74) is 2.01. The summed E-state index contributed by atoms with van der Waals surface area (Å²) in [6.07, 6.45) is 0.880. The van der Waals surface area contributed by atoms with Crippen molar-refractivity contribution in [2.24, 2.45) is 0 Å². The van der Waals surface area contributed by atoms with Gasteiger partial charge in [-0.2, -0.15) is 0 Å². The molecule has 124 valence electrons. The number of hydrogen-bond donors (Lipinski definition) is 1. The highest BCUT2D eigenvalue weighted by Crippen LogP contribution is 2.36. The van der Waals surface area contributed by atoms with E-state index in [4.69, 9.17) is 9.15 Å². The largest absolute Gasteiger partial charge is 0.479 e. The average molecular weight is 326 g/mol. The molecule has 3 rings (SSSR count). The maximum absolute atomic E-state index is 12.4. The number of fused-ring (bicyclic) bond motifs is 1. The molecule has 2 aromatic rings. The van der Waals surface area contributed by atoms with E-state index >= 15 is 0 Å². The van der Waals surface area contributed by atoms with E-state index in [1.54, 1.807) is 42.2 Å². The molecule has 2 heterocycles. The van der Waals surface area contributed by atoms with Gasteiger partial charge in [0.05, 0.1) is 12.0 Å². The van der Waals surface area contributed by atoms with Gasteiger partial charge in [0.2, 0.25) is 0 Å². The molecule has 0 saturated carbocycles. The SMILES string of the molecule is C=C(C)CN1C(=O)C(C)Oc2ccc(NC(=O)c3ccco3)cc21. The topological polar surface area (TPSA) is 71.8 Å². The lowest BCUT2D eigenvalue weighted by Gasteiger charge is -2.33. The summed E-state index contributed by atoms with van der Waals surface area (Å²) in [7, 11) is 0. The van der Waals surface area contributed by atoms with Crippen molar-refractivity contribution in [2.45, 2.75) is 20.0 Å². The number of amides is 2. The number of benzene rings is 1. The second-order valence-corrected chi connectivity index (χ2v) is 5.76. The van der Waals surface area contributed by atoms with Crippen molar-refractivity contribution < 1.29 is 18.7 Å². The molecule has 1 N–H and O–H groups in total. The molecule has 0 saturated heterocycles. The number of hydrogen-bond acceptors (Lipinski definition) is 4. The maximum atomic E-state index is 12.4. The fraction of sp³-hybridized carbons (Fsp3) is 0.222. The van der Waals surface area contributed by atoms with Crippen LogP contribution in [0.2, 0.25) is 0 Å². The number of rotatable bonds is 4. The molecule has 1 aromatic carbocycles. The number of furan rings is 1. The van der Waals surface area contributed by atoms with Gasteiger partial charge in [0.15, 0.2) is 11.9 Å². The van der Waals surface area contributed by atoms with Crippen molar-refractivity contribution in [1.29, 1.82) is 0 Å². The summed E-state index contributed by atoms with van der Waals surface area (Å²) >= 11 is 0. The Kier molecular flexibility index (Phi) is 4.12. The molecule has 0 bridgehead atoms. The van der Waals surface area contributed by atoms with Crippen LogP contribution in [-0.2, 0) is 4.79 Å². The second kappa shape index (κ2) is 6.23. The molecule has 0 aliphatic carbocycles. The highest BCUT2D eigenvalue weighted by Gasteiger charge is 2.31. The van der Waals surface area contributed by atoms with Crippen molar-refractivity contribution >= 4 is 23.2 Å². The normalized spacial score (nSPS) is 16.3. The Balaban J connectivity index is 1.90.